The van der Waals surface area contributed by atoms with Gasteiger partial charge in [0.1, 0.15) is 11.3 Å². The van der Waals surface area contributed by atoms with Gasteiger partial charge in [-0.1, -0.05) is 47.5 Å². The summed E-state index contributed by atoms with van der Waals surface area (Å²) in [4.78, 5) is 0. The van der Waals surface area contributed by atoms with Crippen molar-refractivity contribution in [3.05, 3.63) is 63.8 Å². The molecule has 0 bridgehead atoms. The van der Waals surface area contributed by atoms with Gasteiger partial charge in [-0.3, -0.25) is 0 Å². The molecular formula is C16H13Cl2NO. The zero-order valence-electron chi connectivity index (χ0n) is 10.9. The summed E-state index contributed by atoms with van der Waals surface area (Å²) in [5.74, 6) is 0.914. The van der Waals surface area contributed by atoms with E-state index in [2.05, 4.69) is 11.4 Å². The summed E-state index contributed by atoms with van der Waals surface area (Å²) in [7, 11) is 0. The molecule has 0 saturated heterocycles. The molecular weight excluding hydrogens is 293 g/mol. The van der Waals surface area contributed by atoms with E-state index < -0.39 is 0 Å². The van der Waals surface area contributed by atoms with Gasteiger partial charge >= 0.3 is 0 Å². The Hall–Kier alpha value is -1.64. The van der Waals surface area contributed by atoms with Crippen molar-refractivity contribution in [3.63, 3.8) is 0 Å². The summed E-state index contributed by atoms with van der Waals surface area (Å²) in [5.41, 5.74) is 2.86. The summed E-state index contributed by atoms with van der Waals surface area (Å²) in [6.45, 7) is 2.61. The van der Waals surface area contributed by atoms with E-state index in [-0.39, 0.29) is 0 Å². The highest BCUT2D eigenvalue weighted by molar-refractivity contribution is 6.43. The lowest BCUT2D eigenvalue weighted by molar-refractivity contribution is 0.573. The monoisotopic (exact) mass is 305 g/mol. The molecule has 102 valence electrons. The average molecular weight is 306 g/mol. The molecule has 1 heterocycles. The van der Waals surface area contributed by atoms with E-state index in [4.69, 9.17) is 27.6 Å². The van der Waals surface area contributed by atoms with Gasteiger partial charge in [0.15, 0.2) is 0 Å². The molecule has 2 aromatic carbocycles. The summed E-state index contributed by atoms with van der Waals surface area (Å²) in [6.07, 6.45) is 0. The molecule has 1 N–H and O–H groups in total. The quantitative estimate of drug-likeness (QED) is 0.675. The smallest absolute Gasteiger partial charge is 0.134 e. The van der Waals surface area contributed by atoms with Crippen LogP contribution in [0.3, 0.4) is 0 Å². The van der Waals surface area contributed by atoms with Gasteiger partial charge in [-0.2, -0.15) is 0 Å². The predicted molar refractivity (Wildman–Crippen MR) is 84.7 cm³/mol. The topological polar surface area (TPSA) is 25.2 Å². The molecule has 0 amide bonds. The van der Waals surface area contributed by atoms with Gasteiger partial charge in [0.25, 0.3) is 0 Å². The fourth-order valence-electron chi connectivity index (χ4n) is 2.26. The third-order valence-electron chi connectivity index (χ3n) is 3.31. The van der Waals surface area contributed by atoms with Crippen LogP contribution < -0.4 is 5.32 Å². The maximum Gasteiger partial charge on any atom is 0.134 e. The zero-order chi connectivity index (χ0) is 14.1. The predicted octanol–water partition coefficient (Wildman–Crippen LogP) is 5.66. The van der Waals surface area contributed by atoms with E-state index in [0.29, 0.717) is 16.6 Å². The highest BCUT2D eigenvalue weighted by atomic mass is 35.5. The van der Waals surface area contributed by atoms with Crippen molar-refractivity contribution >= 4 is 39.9 Å². The van der Waals surface area contributed by atoms with Crippen molar-refractivity contribution in [1.82, 2.24) is 0 Å². The molecule has 0 radical (unpaired) electrons. The van der Waals surface area contributed by atoms with Crippen molar-refractivity contribution in [3.8, 4) is 0 Å². The first-order valence-electron chi connectivity index (χ1n) is 6.31. The van der Waals surface area contributed by atoms with Crippen LogP contribution in [-0.4, -0.2) is 0 Å². The van der Waals surface area contributed by atoms with Crippen molar-refractivity contribution in [2.45, 2.75) is 13.5 Å². The molecule has 0 aliphatic rings. The van der Waals surface area contributed by atoms with E-state index in [1.54, 1.807) is 6.07 Å². The van der Waals surface area contributed by atoms with Crippen LogP contribution in [0.5, 0.6) is 0 Å². The van der Waals surface area contributed by atoms with Crippen molar-refractivity contribution in [2.24, 2.45) is 0 Å². The number of nitrogens with one attached hydrogen (secondary N) is 1. The second-order valence-electron chi connectivity index (χ2n) is 4.59. The minimum Gasteiger partial charge on any atom is -0.461 e. The van der Waals surface area contributed by atoms with Crippen LogP contribution in [0, 0.1) is 6.92 Å². The number of hydrogen-bond acceptors (Lipinski definition) is 2. The Kier molecular flexibility index (Phi) is 3.60. The number of halogens is 2. The number of anilines is 1. The Labute approximate surface area is 127 Å². The summed E-state index contributed by atoms with van der Waals surface area (Å²) in [6, 6.07) is 13.6. The molecule has 4 heteroatoms. The zero-order valence-corrected chi connectivity index (χ0v) is 12.4. The van der Waals surface area contributed by atoms with Crippen LogP contribution in [0.1, 0.15) is 11.3 Å². The van der Waals surface area contributed by atoms with Gasteiger partial charge in [0.05, 0.1) is 15.7 Å². The molecule has 0 unspecified atom stereocenters. The number of para-hydroxylation sites is 1. The van der Waals surface area contributed by atoms with Gasteiger partial charge in [0, 0.05) is 17.5 Å². The van der Waals surface area contributed by atoms with E-state index >= 15 is 0 Å². The van der Waals surface area contributed by atoms with Gasteiger partial charge in [-0.15, -0.1) is 0 Å². The Morgan fingerprint density at radius 3 is 2.70 bits per heavy atom. The van der Waals surface area contributed by atoms with E-state index in [1.165, 1.54) is 0 Å². The Morgan fingerprint density at radius 2 is 1.85 bits per heavy atom. The lowest BCUT2D eigenvalue weighted by Crippen LogP contribution is -2.00. The Balaban J connectivity index is 1.90. The molecule has 3 aromatic rings. The first-order chi connectivity index (χ1) is 9.66. The Bertz CT molecular complexity index is 764. The molecule has 0 fully saturated rings. The number of furan rings is 1. The van der Waals surface area contributed by atoms with Crippen LogP contribution in [0.4, 0.5) is 5.69 Å². The third kappa shape index (κ3) is 2.37. The maximum absolute atomic E-state index is 6.17. The lowest BCUT2D eigenvalue weighted by atomic mass is 10.1. The molecule has 20 heavy (non-hydrogen) atoms. The summed E-state index contributed by atoms with van der Waals surface area (Å²) in [5, 5.41) is 5.52. The van der Waals surface area contributed by atoms with Gasteiger partial charge < -0.3 is 9.73 Å². The molecule has 0 aliphatic heterocycles. The number of rotatable bonds is 3. The van der Waals surface area contributed by atoms with Crippen molar-refractivity contribution in [1.29, 1.82) is 0 Å². The largest absolute Gasteiger partial charge is 0.461 e. The second kappa shape index (κ2) is 5.39. The summed E-state index contributed by atoms with van der Waals surface area (Å²) < 4.78 is 5.74. The van der Waals surface area contributed by atoms with Gasteiger partial charge in [-0.25, -0.2) is 0 Å². The molecule has 0 saturated carbocycles. The standard InChI is InChI=1S/C16H13Cl2NO/c1-10-12(11-5-2-3-8-15(11)20-10)9-19-14-7-4-6-13(17)16(14)18/h2-8,19H,9H2,1H3. The lowest BCUT2D eigenvalue weighted by Gasteiger charge is -2.09. The van der Waals surface area contributed by atoms with Crippen LogP contribution in [0.25, 0.3) is 11.0 Å². The molecule has 0 spiro atoms. The van der Waals surface area contributed by atoms with Crippen molar-refractivity contribution < 1.29 is 4.42 Å². The number of hydrogen-bond donors (Lipinski definition) is 1. The first-order valence-corrected chi connectivity index (χ1v) is 7.07. The van der Waals surface area contributed by atoms with Crippen LogP contribution in [0.2, 0.25) is 10.0 Å². The number of fused-ring (bicyclic) bond motifs is 1. The van der Waals surface area contributed by atoms with Crippen LogP contribution >= 0.6 is 23.2 Å². The van der Waals surface area contributed by atoms with Crippen LogP contribution in [-0.2, 0) is 6.54 Å². The van der Waals surface area contributed by atoms with Gasteiger partial charge in [-0.05, 0) is 25.1 Å². The fraction of sp³-hybridized carbons (Fsp3) is 0.125. The maximum atomic E-state index is 6.17. The van der Waals surface area contributed by atoms with Crippen molar-refractivity contribution in [2.75, 3.05) is 5.32 Å². The molecule has 2 nitrogen and oxygen atoms in total. The SMILES string of the molecule is Cc1oc2ccccc2c1CNc1cccc(Cl)c1Cl. The minimum absolute atomic E-state index is 0.541. The number of aryl methyl sites for hydroxylation is 1. The summed E-state index contributed by atoms with van der Waals surface area (Å²) >= 11 is 12.2. The number of benzene rings is 2. The fourth-order valence-corrected chi connectivity index (χ4v) is 2.63. The van der Waals surface area contributed by atoms with Crippen LogP contribution in [0.15, 0.2) is 46.9 Å². The Morgan fingerprint density at radius 1 is 1.05 bits per heavy atom. The molecule has 0 atom stereocenters. The highest BCUT2D eigenvalue weighted by Gasteiger charge is 2.11. The molecule has 1 aromatic heterocycles. The van der Waals surface area contributed by atoms with E-state index in [1.807, 2.05) is 37.3 Å². The molecule has 3 rings (SSSR count). The normalized spacial score (nSPS) is 10.9. The highest BCUT2D eigenvalue weighted by Crippen LogP contribution is 2.31. The third-order valence-corrected chi connectivity index (χ3v) is 4.13. The second-order valence-corrected chi connectivity index (χ2v) is 5.37. The average Bonchev–Trinajstić information content (AvgIpc) is 2.76. The minimum atomic E-state index is 0.541. The van der Waals surface area contributed by atoms with E-state index in [9.17, 15) is 0 Å². The molecule has 0 aliphatic carbocycles. The van der Waals surface area contributed by atoms with E-state index in [0.717, 1.165) is 28.0 Å². The van der Waals surface area contributed by atoms with Gasteiger partial charge in [0.2, 0.25) is 0 Å². The first kappa shape index (κ1) is 13.3.